The summed E-state index contributed by atoms with van der Waals surface area (Å²) in [5.41, 5.74) is 2.91. The van der Waals surface area contributed by atoms with Crippen molar-refractivity contribution in [1.82, 2.24) is 0 Å². The van der Waals surface area contributed by atoms with Gasteiger partial charge in [-0.25, -0.2) is 11.1 Å². The van der Waals surface area contributed by atoms with Crippen LogP contribution in [-0.4, -0.2) is 10.3 Å². The van der Waals surface area contributed by atoms with Gasteiger partial charge in [0, 0.05) is 0 Å². The van der Waals surface area contributed by atoms with E-state index in [2.05, 4.69) is 104 Å². The summed E-state index contributed by atoms with van der Waals surface area (Å²) in [5.74, 6) is 0. The topological polar surface area (TPSA) is 0 Å². The molecule has 0 saturated heterocycles. The molecular weight excluding hydrogens is 517 g/mol. The van der Waals surface area contributed by atoms with E-state index in [9.17, 15) is 0 Å². The number of benzene rings is 1. The van der Waals surface area contributed by atoms with Crippen molar-refractivity contribution in [1.29, 1.82) is 0 Å². The molecule has 2 aromatic rings. The molecule has 1 aliphatic carbocycles. The first kappa shape index (κ1) is 33.4. The Morgan fingerprint density at radius 2 is 1.58 bits per heavy atom. The molecule has 2 aromatic carbocycles. The summed E-state index contributed by atoms with van der Waals surface area (Å²) in [5, 5.41) is 5.00. The third-order valence-electron chi connectivity index (χ3n) is 5.18. The van der Waals surface area contributed by atoms with Crippen molar-refractivity contribution in [2.24, 2.45) is 0 Å². The fourth-order valence-electron chi connectivity index (χ4n) is 4.27. The molecular formula is C27H39Cl2PZr. The zero-order chi connectivity index (χ0) is 20.9. The molecule has 0 amide bonds. The van der Waals surface area contributed by atoms with Crippen LogP contribution in [0.4, 0.5) is 0 Å². The van der Waals surface area contributed by atoms with Crippen LogP contribution in [0.25, 0.3) is 10.8 Å². The van der Waals surface area contributed by atoms with Crippen molar-refractivity contribution in [3.05, 3.63) is 59.7 Å². The number of hydrogen-bond acceptors (Lipinski definition) is 0. The van der Waals surface area contributed by atoms with Crippen molar-refractivity contribution in [2.45, 2.75) is 91.4 Å². The van der Waals surface area contributed by atoms with Crippen LogP contribution in [-0.2, 0) is 26.2 Å². The fraction of sp³-hybridized carbons (Fsp3) is 0.519. The minimum absolute atomic E-state index is 0. The molecule has 0 radical (unpaired) electrons. The van der Waals surface area contributed by atoms with E-state index >= 15 is 0 Å². The third-order valence-corrected chi connectivity index (χ3v) is 8.64. The summed E-state index contributed by atoms with van der Waals surface area (Å²) < 4.78 is 0. The average molecular weight is 557 g/mol. The summed E-state index contributed by atoms with van der Waals surface area (Å²) in [4.78, 5) is 0. The Hall–Kier alpha value is 0.203. The van der Waals surface area contributed by atoms with Gasteiger partial charge >= 0.3 is 26.2 Å². The van der Waals surface area contributed by atoms with E-state index in [1.807, 2.05) is 0 Å². The van der Waals surface area contributed by atoms with Gasteiger partial charge in [0.2, 0.25) is 0 Å². The minimum Gasteiger partial charge on any atom is -1.00 e. The van der Waals surface area contributed by atoms with Gasteiger partial charge in [0.1, 0.15) is 0 Å². The van der Waals surface area contributed by atoms with Crippen LogP contribution < -0.4 is 30.1 Å². The van der Waals surface area contributed by atoms with Gasteiger partial charge in [-0.3, -0.25) is 6.08 Å². The van der Waals surface area contributed by atoms with Crippen LogP contribution >= 0.6 is 7.92 Å². The smallest absolute Gasteiger partial charge is 1.00 e. The van der Waals surface area contributed by atoms with Gasteiger partial charge in [-0.2, -0.15) is 12.1 Å². The van der Waals surface area contributed by atoms with Crippen LogP contribution in [0.1, 0.15) is 81.1 Å². The summed E-state index contributed by atoms with van der Waals surface area (Å²) in [7, 11) is -0.185. The molecule has 0 unspecified atom stereocenters. The molecule has 0 bridgehead atoms. The van der Waals surface area contributed by atoms with Gasteiger partial charge < -0.3 is 24.8 Å². The van der Waals surface area contributed by atoms with Crippen molar-refractivity contribution in [3.8, 4) is 0 Å². The molecule has 170 valence electrons. The maximum absolute atomic E-state index is 3.37. The Morgan fingerprint density at radius 1 is 1.00 bits per heavy atom. The first-order chi connectivity index (χ1) is 13.0. The number of fused-ring (bicyclic) bond motifs is 1. The van der Waals surface area contributed by atoms with Gasteiger partial charge in [-0.05, 0) is 10.3 Å². The van der Waals surface area contributed by atoms with Crippen molar-refractivity contribution < 1.29 is 51.0 Å². The number of unbranched alkanes of at least 4 members (excludes halogenated alkanes) is 1. The molecule has 0 saturated carbocycles. The molecule has 0 N–H and O–H groups in total. The molecule has 0 fully saturated rings. The minimum atomic E-state index is -0.185. The molecule has 3 rings (SSSR count). The third kappa shape index (κ3) is 9.92. The molecule has 0 spiro atoms. The van der Waals surface area contributed by atoms with E-state index in [4.69, 9.17) is 0 Å². The molecule has 0 aliphatic heterocycles. The zero-order valence-electron chi connectivity index (χ0n) is 20.6. The molecule has 0 aromatic heterocycles. The van der Waals surface area contributed by atoms with Crippen LogP contribution in [0.2, 0.25) is 0 Å². The molecule has 4 heteroatoms. The first-order valence-electron chi connectivity index (χ1n) is 10.8. The van der Waals surface area contributed by atoms with Gasteiger partial charge in [0.15, 0.2) is 0 Å². The van der Waals surface area contributed by atoms with E-state index < -0.39 is 0 Å². The van der Waals surface area contributed by atoms with E-state index in [1.165, 1.54) is 41.2 Å². The summed E-state index contributed by atoms with van der Waals surface area (Å²) >= 11 is 0. The van der Waals surface area contributed by atoms with Gasteiger partial charge in [-0.15, -0.1) is 53.7 Å². The number of rotatable bonds is 4. The van der Waals surface area contributed by atoms with Gasteiger partial charge in [0.25, 0.3) is 0 Å². The summed E-state index contributed by atoms with van der Waals surface area (Å²) in [6.45, 7) is 18.7. The predicted molar refractivity (Wildman–Crippen MR) is 130 cm³/mol. The Bertz CT molecular complexity index is 788. The normalized spacial score (nSPS) is 13.3. The zero-order valence-corrected chi connectivity index (χ0v) is 25.4. The fourth-order valence-corrected chi connectivity index (χ4v) is 8.37. The molecule has 0 nitrogen and oxygen atoms in total. The monoisotopic (exact) mass is 554 g/mol. The van der Waals surface area contributed by atoms with Crippen LogP contribution in [0.5, 0.6) is 0 Å². The number of halogens is 2. The van der Waals surface area contributed by atoms with E-state index in [1.54, 1.807) is 5.30 Å². The Kier molecular flexibility index (Phi) is 15.6. The van der Waals surface area contributed by atoms with Crippen molar-refractivity contribution >= 4 is 24.0 Å². The first-order valence-corrected chi connectivity index (χ1v) is 12.1. The molecule has 1 aliphatic rings. The quantitative estimate of drug-likeness (QED) is 0.401. The second kappa shape index (κ2) is 14.5. The van der Waals surface area contributed by atoms with E-state index in [0.29, 0.717) is 10.3 Å². The second-order valence-electron chi connectivity index (χ2n) is 9.87. The Balaban J connectivity index is 0. The number of allylic oxidation sites excluding steroid dienone is 4. The SMILES string of the molecule is CC(C)(C)P(c1cc2ccccc2[cH-]1)C(C)(C)C.CCCCC1=[C-]CC=C1C.[Cl-].[Cl-].[Zr+4]. The van der Waals surface area contributed by atoms with Crippen molar-refractivity contribution in [3.63, 3.8) is 0 Å². The average Bonchev–Trinajstić information content (AvgIpc) is 3.16. The number of hydrogen-bond donors (Lipinski definition) is 0. The van der Waals surface area contributed by atoms with Gasteiger partial charge in [-0.1, -0.05) is 81.7 Å². The van der Waals surface area contributed by atoms with E-state index in [-0.39, 0.29) is 58.9 Å². The van der Waals surface area contributed by atoms with E-state index in [0.717, 1.165) is 6.42 Å². The largest absolute Gasteiger partial charge is 4.00 e. The molecule has 31 heavy (non-hydrogen) atoms. The Morgan fingerprint density at radius 3 is 2.03 bits per heavy atom. The predicted octanol–water partition coefficient (Wildman–Crippen LogP) is 2.52. The summed E-state index contributed by atoms with van der Waals surface area (Å²) in [6.07, 6.45) is 10.5. The standard InChI is InChI=1S/C17H24P.C10H15.2ClH.Zr/c1-16(2,3)18(17(4,5)6)15-11-13-9-7-8-10-14(13)12-15;1-3-4-7-10-8-5-6-9(10)2;;;/h7-12H,1-6H3;6H,3-5,7H2,1-2H3;2*1H;/q2*-1;;;+4/p-2. The van der Waals surface area contributed by atoms with Gasteiger partial charge in [0.05, 0.1) is 0 Å². The molecule has 0 atom stereocenters. The summed E-state index contributed by atoms with van der Waals surface area (Å²) in [6, 6.07) is 13.5. The maximum atomic E-state index is 3.37. The second-order valence-corrected chi connectivity index (χ2v) is 13.7. The van der Waals surface area contributed by atoms with Crippen LogP contribution in [0.3, 0.4) is 0 Å². The van der Waals surface area contributed by atoms with Crippen molar-refractivity contribution in [2.75, 3.05) is 0 Å². The Labute approximate surface area is 224 Å². The maximum Gasteiger partial charge on any atom is 4.00 e. The molecule has 0 heterocycles. The van der Waals surface area contributed by atoms with Crippen LogP contribution in [0, 0.1) is 6.08 Å². The van der Waals surface area contributed by atoms with Crippen LogP contribution in [0.15, 0.2) is 53.6 Å².